The number of aromatic nitrogens is 2. The van der Waals surface area contributed by atoms with Gasteiger partial charge in [0.05, 0.1) is 6.54 Å². The minimum atomic E-state index is 0.386. The Morgan fingerprint density at radius 2 is 1.87 bits per heavy atom. The van der Waals surface area contributed by atoms with Crippen LogP contribution in [0.4, 0.5) is 6.01 Å². The topological polar surface area (TPSA) is 42.2 Å². The lowest BCUT2D eigenvalue weighted by Crippen LogP contribution is -2.37. The smallest absolute Gasteiger partial charge is 0.315 e. The van der Waals surface area contributed by atoms with Crippen LogP contribution in [0.2, 0.25) is 0 Å². The monoisotopic (exact) mass is 305 g/mol. The Labute approximate surface area is 136 Å². The number of terminal acetylenes is 2. The van der Waals surface area contributed by atoms with E-state index in [1.807, 2.05) is 24.3 Å². The van der Waals surface area contributed by atoms with E-state index in [-0.39, 0.29) is 0 Å². The van der Waals surface area contributed by atoms with Gasteiger partial charge in [0.25, 0.3) is 0 Å². The molecule has 1 saturated carbocycles. The molecule has 1 aromatic heterocycles. The zero-order chi connectivity index (χ0) is 16.1. The minimum Gasteiger partial charge on any atom is -0.315 e. The third kappa shape index (κ3) is 3.38. The van der Waals surface area contributed by atoms with E-state index in [2.05, 4.69) is 26.9 Å². The van der Waals surface area contributed by atoms with Crippen LogP contribution in [0.3, 0.4) is 0 Å². The molecule has 2 aromatic rings. The Hall–Kier alpha value is -2.72. The van der Waals surface area contributed by atoms with E-state index in [9.17, 15) is 0 Å². The van der Waals surface area contributed by atoms with Crippen molar-refractivity contribution in [1.29, 1.82) is 0 Å². The maximum Gasteiger partial charge on any atom is 0.325 e. The summed E-state index contributed by atoms with van der Waals surface area (Å²) in [5.41, 5.74) is 1.71. The molecule has 1 fully saturated rings. The van der Waals surface area contributed by atoms with E-state index in [4.69, 9.17) is 17.4 Å². The molecule has 0 aliphatic heterocycles. The number of benzene rings is 1. The Kier molecular flexibility index (Phi) is 4.64. The lowest BCUT2D eigenvalue weighted by atomic mass is 9.94. The number of hydrogen-bond acceptors (Lipinski definition) is 4. The van der Waals surface area contributed by atoms with Crippen molar-refractivity contribution in [2.45, 2.75) is 38.1 Å². The zero-order valence-electron chi connectivity index (χ0n) is 13.0. The fourth-order valence-electron chi connectivity index (χ4n) is 3.01. The summed E-state index contributed by atoms with van der Waals surface area (Å²) in [6.45, 7) is 0.488. The zero-order valence-corrected chi connectivity index (χ0v) is 13.0. The molecule has 3 rings (SSSR count). The molecule has 0 N–H and O–H groups in total. The third-order valence-corrected chi connectivity index (χ3v) is 4.25. The number of nitrogens with zero attached hydrogens (tertiary/aromatic N) is 3. The molecule has 0 spiro atoms. The van der Waals surface area contributed by atoms with Crippen molar-refractivity contribution in [3.8, 4) is 36.1 Å². The fourth-order valence-corrected chi connectivity index (χ4v) is 3.01. The van der Waals surface area contributed by atoms with Crippen LogP contribution in [0.15, 0.2) is 28.8 Å². The number of anilines is 1. The van der Waals surface area contributed by atoms with Gasteiger partial charge in [-0.15, -0.1) is 12.8 Å². The first kappa shape index (κ1) is 15.2. The quantitative estimate of drug-likeness (QED) is 0.811. The summed E-state index contributed by atoms with van der Waals surface area (Å²) < 4.78 is 5.47. The number of rotatable bonds is 4. The van der Waals surface area contributed by atoms with Gasteiger partial charge >= 0.3 is 6.01 Å². The van der Waals surface area contributed by atoms with Crippen LogP contribution in [-0.4, -0.2) is 22.7 Å². The van der Waals surface area contributed by atoms with Gasteiger partial charge in [-0.25, -0.2) is 0 Å². The first-order chi connectivity index (χ1) is 11.3. The molecule has 4 heteroatoms. The van der Waals surface area contributed by atoms with Crippen LogP contribution < -0.4 is 4.90 Å². The Morgan fingerprint density at radius 1 is 1.13 bits per heavy atom. The van der Waals surface area contributed by atoms with Gasteiger partial charge in [-0.1, -0.05) is 36.3 Å². The lowest BCUT2D eigenvalue weighted by molar-refractivity contribution is 0.369. The first-order valence-corrected chi connectivity index (χ1v) is 7.92. The van der Waals surface area contributed by atoms with Crippen molar-refractivity contribution in [3.63, 3.8) is 0 Å². The second-order valence-electron chi connectivity index (χ2n) is 5.75. The molecule has 0 unspecified atom stereocenters. The summed E-state index contributed by atoms with van der Waals surface area (Å²) >= 11 is 0. The maximum absolute atomic E-state index is 5.52. The van der Waals surface area contributed by atoms with E-state index in [1.165, 1.54) is 19.3 Å². The molecule has 0 saturated heterocycles. The molecule has 0 atom stereocenters. The van der Waals surface area contributed by atoms with Gasteiger partial charge in [-0.05, 0) is 37.1 Å². The van der Waals surface area contributed by atoms with Crippen LogP contribution in [0, 0.1) is 24.7 Å². The molecule has 23 heavy (non-hydrogen) atoms. The van der Waals surface area contributed by atoms with Gasteiger partial charge < -0.3 is 9.42 Å². The molecule has 4 nitrogen and oxygen atoms in total. The normalized spacial score (nSPS) is 14.9. The van der Waals surface area contributed by atoms with Crippen LogP contribution >= 0.6 is 0 Å². The molecule has 1 heterocycles. The van der Waals surface area contributed by atoms with E-state index in [0.717, 1.165) is 24.0 Å². The maximum atomic E-state index is 5.52. The summed E-state index contributed by atoms with van der Waals surface area (Å²) in [4.78, 5) is 6.59. The second kappa shape index (κ2) is 7.03. The minimum absolute atomic E-state index is 0.386. The molecule has 116 valence electrons. The van der Waals surface area contributed by atoms with Crippen molar-refractivity contribution in [1.82, 2.24) is 10.1 Å². The molecule has 1 aliphatic carbocycles. The second-order valence-corrected chi connectivity index (χ2v) is 5.75. The largest absolute Gasteiger partial charge is 0.325 e. The Balaban J connectivity index is 1.83. The van der Waals surface area contributed by atoms with Crippen LogP contribution in [0.1, 0.15) is 37.7 Å². The lowest BCUT2D eigenvalue weighted by Gasteiger charge is -2.31. The summed E-state index contributed by atoms with van der Waals surface area (Å²) in [6, 6.07) is 8.42. The van der Waals surface area contributed by atoms with Gasteiger partial charge in [0, 0.05) is 17.2 Å². The van der Waals surface area contributed by atoms with E-state index in [1.54, 1.807) is 0 Å². The highest BCUT2D eigenvalue weighted by atomic mass is 16.5. The van der Waals surface area contributed by atoms with Gasteiger partial charge in [0.1, 0.15) is 0 Å². The predicted octanol–water partition coefficient (Wildman–Crippen LogP) is 3.49. The van der Waals surface area contributed by atoms with Crippen LogP contribution in [0.25, 0.3) is 11.4 Å². The third-order valence-electron chi connectivity index (χ3n) is 4.25. The molecular formula is C19H19N3O. The van der Waals surface area contributed by atoms with Gasteiger partial charge in [0.2, 0.25) is 5.82 Å². The predicted molar refractivity (Wildman–Crippen MR) is 90.7 cm³/mol. The summed E-state index contributed by atoms with van der Waals surface area (Å²) in [5, 5.41) is 4.09. The molecule has 0 bridgehead atoms. The summed E-state index contributed by atoms with van der Waals surface area (Å²) in [5.74, 6) is 5.85. The SMILES string of the molecule is C#CCN(c1nc(-c2ccc(C#C)cc2)no1)C1CCCCC1. The van der Waals surface area contributed by atoms with E-state index >= 15 is 0 Å². The van der Waals surface area contributed by atoms with Crippen molar-refractivity contribution in [2.75, 3.05) is 11.4 Å². The summed E-state index contributed by atoms with van der Waals surface area (Å²) in [6.07, 6.45) is 16.9. The van der Waals surface area contributed by atoms with Gasteiger partial charge in [-0.3, -0.25) is 0 Å². The molecule has 0 amide bonds. The summed E-state index contributed by atoms with van der Waals surface area (Å²) in [7, 11) is 0. The number of hydrogen-bond donors (Lipinski definition) is 0. The molecule has 0 radical (unpaired) electrons. The highest BCUT2D eigenvalue weighted by Crippen LogP contribution is 2.27. The fraction of sp³-hybridized carbons (Fsp3) is 0.368. The van der Waals surface area contributed by atoms with Gasteiger partial charge in [-0.2, -0.15) is 4.98 Å². The average molecular weight is 305 g/mol. The first-order valence-electron chi connectivity index (χ1n) is 7.92. The van der Waals surface area contributed by atoms with Crippen LogP contribution in [-0.2, 0) is 0 Å². The Morgan fingerprint density at radius 3 is 2.52 bits per heavy atom. The molecule has 1 aromatic carbocycles. The van der Waals surface area contributed by atoms with E-state index in [0.29, 0.717) is 24.4 Å². The van der Waals surface area contributed by atoms with Crippen LogP contribution in [0.5, 0.6) is 0 Å². The highest BCUT2D eigenvalue weighted by Gasteiger charge is 2.25. The Bertz CT molecular complexity index is 727. The molecular weight excluding hydrogens is 286 g/mol. The van der Waals surface area contributed by atoms with Crippen molar-refractivity contribution < 1.29 is 4.52 Å². The standard InChI is InChI=1S/C19H19N3O/c1-3-14-22(17-8-6-5-7-9-17)19-20-18(21-23-19)16-12-10-15(4-2)11-13-16/h1-2,10-13,17H,5-9,14H2. The van der Waals surface area contributed by atoms with Crippen molar-refractivity contribution in [2.24, 2.45) is 0 Å². The highest BCUT2D eigenvalue weighted by molar-refractivity contribution is 5.57. The van der Waals surface area contributed by atoms with Crippen molar-refractivity contribution >= 4 is 6.01 Å². The molecule has 1 aliphatic rings. The van der Waals surface area contributed by atoms with Gasteiger partial charge in [0.15, 0.2) is 0 Å². The van der Waals surface area contributed by atoms with Crippen molar-refractivity contribution in [3.05, 3.63) is 29.8 Å². The van der Waals surface area contributed by atoms with E-state index < -0.39 is 0 Å². The average Bonchev–Trinajstić information content (AvgIpc) is 3.10.